The molecular formula is C24H25F3N2O2. The molecule has 2 aromatic rings. The molecule has 2 heterocycles. The van der Waals surface area contributed by atoms with Gasteiger partial charge in [-0.2, -0.15) is 13.2 Å². The second-order valence-corrected chi connectivity index (χ2v) is 8.95. The first kappa shape index (κ1) is 20.4. The summed E-state index contributed by atoms with van der Waals surface area (Å²) < 4.78 is 44.7. The Bertz CT molecular complexity index is 1010. The Morgan fingerprint density at radius 1 is 1.19 bits per heavy atom. The first-order valence-electron chi connectivity index (χ1n) is 10.7. The molecule has 1 saturated heterocycles. The van der Waals surface area contributed by atoms with E-state index >= 15 is 0 Å². The molecule has 2 aromatic carbocycles. The van der Waals surface area contributed by atoms with Crippen molar-refractivity contribution in [1.82, 2.24) is 10.2 Å². The summed E-state index contributed by atoms with van der Waals surface area (Å²) in [7, 11) is 0. The van der Waals surface area contributed by atoms with E-state index in [-0.39, 0.29) is 23.4 Å². The monoisotopic (exact) mass is 430 g/mol. The number of nitrogens with zero attached hydrogens (tertiary/aromatic N) is 1. The van der Waals surface area contributed by atoms with Crippen LogP contribution in [0.2, 0.25) is 0 Å². The van der Waals surface area contributed by atoms with Crippen LogP contribution in [-0.2, 0) is 22.8 Å². The molecule has 4 nitrogen and oxygen atoms in total. The number of rotatable bonds is 3. The van der Waals surface area contributed by atoms with E-state index in [0.29, 0.717) is 25.4 Å². The summed E-state index contributed by atoms with van der Waals surface area (Å²) in [6.07, 6.45) is -1.99. The lowest BCUT2D eigenvalue weighted by atomic mass is 9.74. The first-order chi connectivity index (χ1) is 14.8. The highest BCUT2D eigenvalue weighted by atomic mass is 19.4. The fourth-order valence-corrected chi connectivity index (χ4v) is 5.15. The van der Waals surface area contributed by atoms with Crippen molar-refractivity contribution in [2.45, 2.75) is 49.9 Å². The predicted molar refractivity (Wildman–Crippen MR) is 110 cm³/mol. The molecule has 2 atom stereocenters. The average Bonchev–Trinajstić information content (AvgIpc) is 3.09. The molecule has 1 fully saturated rings. The minimum Gasteiger partial charge on any atom is -0.492 e. The van der Waals surface area contributed by atoms with Crippen LogP contribution in [0.15, 0.2) is 42.5 Å². The van der Waals surface area contributed by atoms with Crippen molar-refractivity contribution in [3.05, 3.63) is 64.7 Å². The molecule has 0 saturated carbocycles. The van der Waals surface area contributed by atoms with Crippen LogP contribution >= 0.6 is 0 Å². The first-order valence-corrected chi connectivity index (χ1v) is 10.7. The number of nitrogens with one attached hydrogen (secondary N) is 1. The smallest absolute Gasteiger partial charge is 0.416 e. The van der Waals surface area contributed by atoms with Crippen LogP contribution in [0.1, 0.15) is 48.1 Å². The molecule has 1 amide bonds. The van der Waals surface area contributed by atoms with Gasteiger partial charge in [0.05, 0.1) is 24.3 Å². The second-order valence-electron chi connectivity index (χ2n) is 8.95. The topological polar surface area (TPSA) is 41.6 Å². The number of ether oxygens (including phenoxy) is 1. The molecule has 1 aliphatic carbocycles. The van der Waals surface area contributed by atoms with Gasteiger partial charge in [-0.15, -0.1) is 0 Å². The Labute approximate surface area is 179 Å². The molecule has 5 rings (SSSR count). The van der Waals surface area contributed by atoms with E-state index in [1.807, 2.05) is 19.1 Å². The van der Waals surface area contributed by atoms with Gasteiger partial charge in [-0.05, 0) is 62.5 Å². The zero-order valence-corrected chi connectivity index (χ0v) is 17.3. The average molecular weight is 430 g/mol. The maximum absolute atomic E-state index is 13.0. The third-order valence-corrected chi connectivity index (χ3v) is 7.24. The quantitative estimate of drug-likeness (QED) is 0.792. The van der Waals surface area contributed by atoms with Crippen molar-refractivity contribution in [3.8, 4) is 5.75 Å². The number of likely N-dealkylation sites (tertiary alicyclic amines) is 1. The van der Waals surface area contributed by atoms with Crippen molar-refractivity contribution in [2.24, 2.45) is 0 Å². The minimum atomic E-state index is -4.37. The number of carbonyl (C=O) groups is 1. The second kappa shape index (κ2) is 7.26. The maximum Gasteiger partial charge on any atom is 0.416 e. The molecule has 164 valence electrons. The number of hydrogen-bond donors (Lipinski definition) is 1. The molecular weight excluding hydrogens is 405 g/mol. The molecule has 1 N–H and O–H groups in total. The van der Waals surface area contributed by atoms with Crippen molar-refractivity contribution < 1.29 is 22.7 Å². The van der Waals surface area contributed by atoms with E-state index < -0.39 is 11.7 Å². The van der Waals surface area contributed by atoms with Crippen LogP contribution in [0, 0.1) is 0 Å². The molecule has 0 radical (unpaired) electrons. The fourth-order valence-electron chi connectivity index (χ4n) is 5.15. The number of piperidine rings is 1. The third kappa shape index (κ3) is 3.49. The van der Waals surface area contributed by atoms with Gasteiger partial charge in [0.25, 0.3) is 0 Å². The summed E-state index contributed by atoms with van der Waals surface area (Å²) in [6.45, 7) is 3.74. The summed E-state index contributed by atoms with van der Waals surface area (Å²) in [4.78, 5) is 15.0. The van der Waals surface area contributed by atoms with Gasteiger partial charge in [-0.3, -0.25) is 9.69 Å². The van der Waals surface area contributed by atoms with Crippen LogP contribution < -0.4 is 10.1 Å². The van der Waals surface area contributed by atoms with E-state index in [0.717, 1.165) is 37.0 Å². The minimum absolute atomic E-state index is 0.0216. The van der Waals surface area contributed by atoms with E-state index in [9.17, 15) is 18.0 Å². The highest BCUT2D eigenvalue weighted by Crippen LogP contribution is 2.47. The summed E-state index contributed by atoms with van der Waals surface area (Å²) in [5, 5.41) is 3.15. The van der Waals surface area contributed by atoms with Gasteiger partial charge in [-0.1, -0.05) is 30.3 Å². The Kier molecular flexibility index (Phi) is 4.77. The van der Waals surface area contributed by atoms with Crippen LogP contribution in [-0.4, -0.2) is 36.5 Å². The van der Waals surface area contributed by atoms with Crippen LogP contribution in [0.4, 0.5) is 13.2 Å². The Hall–Kier alpha value is -2.54. The van der Waals surface area contributed by atoms with Crippen molar-refractivity contribution >= 4 is 5.91 Å². The van der Waals surface area contributed by atoms with E-state index in [1.165, 1.54) is 11.1 Å². The zero-order valence-electron chi connectivity index (χ0n) is 17.3. The number of benzene rings is 2. The van der Waals surface area contributed by atoms with E-state index in [2.05, 4.69) is 22.3 Å². The molecule has 7 heteroatoms. The normalized spacial score (nSPS) is 22.8. The summed E-state index contributed by atoms with van der Waals surface area (Å²) in [5.41, 5.74) is 2.40. The fraction of sp³-hybridized carbons (Fsp3) is 0.458. The highest BCUT2D eigenvalue weighted by Gasteiger charge is 2.45. The Morgan fingerprint density at radius 3 is 2.65 bits per heavy atom. The zero-order chi connectivity index (χ0) is 21.8. The van der Waals surface area contributed by atoms with Crippen LogP contribution in [0.25, 0.3) is 0 Å². The third-order valence-electron chi connectivity index (χ3n) is 7.24. The molecule has 0 aromatic heterocycles. The van der Waals surface area contributed by atoms with Gasteiger partial charge >= 0.3 is 6.18 Å². The van der Waals surface area contributed by atoms with Gasteiger partial charge < -0.3 is 10.1 Å². The number of carbonyl (C=O) groups excluding carboxylic acids is 1. The SMILES string of the molecule is CC(C(=O)NC1Cc2ccccc21)N1CCC2(CC1)COc1cc(C(F)(F)F)ccc12. The number of alkyl halides is 3. The molecule has 3 aliphatic rings. The molecule has 31 heavy (non-hydrogen) atoms. The Morgan fingerprint density at radius 2 is 1.94 bits per heavy atom. The summed E-state index contributed by atoms with van der Waals surface area (Å²) in [5.74, 6) is 0.367. The van der Waals surface area contributed by atoms with Gasteiger partial charge in [0.1, 0.15) is 5.75 Å². The number of hydrogen-bond acceptors (Lipinski definition) is 3. The largest absolute Gasteiger partial charge is 0.492 e. The number of halogens is 3. The van der Waals surface area contributed by atoms with Gasteiger partial charge in [-0.25, -0.2) is 0 Å². The van der Waals surface area contributed by atoms with Crippen molar-refractivity contribution in [2.75, 3.05) is 19.7 Å². The predicted octanol–water partition coefficient (Wildman–Crippen LogP) is 4.23. The summed E-state index contributed by atoms with van der Waals surface area (Å²) >= 11 is 0. The van der Waals surface area contributed by atoms with E-state index in [4.69, 9.17) is 4.74 Å². The van der Waals surface area contributed by atoms with Crippen LogP contribution in [0.5, 0.6) is 5.75 Å². The van der Waals surface area contributed by atoms with Gasteiger partial charge in [0.2, 0.25) is 5.91 Å². The lowest BCUT2D eigenvalue weighted by Gasteiger charge is -2.41. The van der Waals surface area contributed by atoms with Crippen molar-refractivity contribution in [1.29, 1.82) is 0 Å². The standard InChI is InChI=1S/C24H25F3N2O2/c1-15(22(30)28-20-12-16-4-2-3-5-18(16)20)29-10-8-23(9-11-29)14-31-21-13-17(24(25,26)27)6-7-19(21)23/h2-7,13,15,20H,8-12,14H2,1H3,(H,28,30). The molecule has 2 unspecified atom stereocenters. The lowest BCUT2D eigenvalue weighted by molar-refractivity contribution is -0.137. The van der Waals surface area contributed by atoms with Gasteiger partial charge in [0.15, 0.2) is 0 Å². The highest BCUT2D eigenvalue weighted by molar-refractivity contribution is 5.82. The van der Waals surface area contributed by atoms with Crippen molar-refractivity contribution in [3.63, 3.8) is 0 Å². The number of fused-ring (bicyclic) bond motifs is 3. The van der Waals surface area contributed by atoms with E-state index in [1.54, 1.807) is 6.07 Å². The molecule has 1 spiro atoms. The van der Waals surface area contributed by atoms with Crippen LogP contribution in [0.3, 0.4) is 0 Å². The Balaban J connectivity index is 1.22. The summed E-state index contributed by atoms with van der Waals surface area (Å²) in [6, 6.07) is 11.8. The lowest BCUT2D eigenvalue weighted by Crippen LogP contribution is -2.52. The molecule has 0 bridgehead atoms. The maximum atomic E-state index is 13.0. The van der Waals surface area contributed by atoms with Gasteiger partial charge in [0, 0.05) is 11.0 Å². The molecule has 2 aliphatic heterocycles. The number of amides is 1.